The largest absolute Gasteiger partial charge is 0.316 e. The van der Waals surface area contributed by atoms with Crippen LogP contribution in [-0.2, 0) is 0 Å². The van der Waals surface area contributed by atoms with Gasteiger partial charge in [-0.25, -0.2) is 0 Å². The van der Waals surface area contributed by atoms with Crippen molar-refractivity contribution in [2.24, 2.45) is 11.3 Å². The van der Waals surface area contributed by atoms with Crippen molar-refractivity contribution in [2.75, 3.05) is 13.1 Å². The number of nitrogens with one attached hydrogen (secondary N) is 1. The zero-order valence-electron chi connectivity index (χ0n) is 8.28. The van der Waals surface area contributed by atoms with Gasteiger partial charge in [-0.15, -0.1) is 6.58 Å². The van der Waals surface area contributed by atoms with Crippen LogP contribution < -0.4 is 5.32 Å². The van der Waals surface area contributed by atoms with Gasteiger partial charge in [0.1, 0.15) is 0 Å². The zero-order valence-corrected chi connectivity index (χ0v) is 8.28. The van der Waals surface area contributed by atoms with Crippen LogP contribution in [-0.4, -0.2) is 13.1 Å². The number of hydrogen-bond acceptors (Lipinski definition) is 1. The molecule has 0 aromatic heterocycles. The van der Waals surface area contributed by atoms with Gasteiger partial charge in [-0.2, -0.15) is 0 Å². The molecule has 0 rings (SSSR count). The molecule has 0 aliphatic carbocycles. The lowest BCUT2D eigenvalue weighted by atomic mass is 9.94. The molecular formula is C10H21N. The van der Waals surface area contributed by atoms with Gasteiger partial charge in [0.05, 0.1) is 0 Å². The van der Waals surface area contributed by atoms with Crippen LogP contribution in [0.3, 0.4) is 0 Å². The summed E-state index contributed by atoms with van der Waals surface area (Å²) >= 11 is 0. The van der Waals surface area contributed by atoms with Crippen LogP contribution in [0.25, 0.3) is 0 Å². The Morgan fingerprint density at radius 3 is 2.36 bits per heavy atom. The molecule has 11 heavy (non-hydrogen) atoms. The second-order valence-corrected chi connectivity index (χ2v) is 4.22. The van der Waals surface area contributed by atoms with E-state index >= 15 is 0 Å². The molecule has 0 aromatic rings. The third-order valence-electron chi connectivity index (χ3n) is 1.69. The van der Waals surface area contributed by atoms with Gasteiger partial charge in [0, 0.05) is 6.54 Å². The molecule has 1 nitrogen and oxygen atoms in total. The van der Waals surface area contributed by atoms with Gasteiger partial charge < -0.3 is 5.32 Å². The zero-order chi connectivity index (χ0) is 8.91. The van der Waals surface area contributed by atoms with Crippen LogP contribution >= 0.6 is 0 Å². The molecule has 0 unspecified atom stereocenters. The maximum absolute atomic E-state index is 3.79. The molecule has 0 aliphatic heterocycles. The standard InChI is InChI=1S/C10H21N/c1-6-10(4,5)8-11-7-9(2)3/h6,9,11H,1,7-8H2,2-5H3. The first-order chi connectivity index (χ1) is 4.98. The average molecular weight is 155 g/mol. The van der Waals surface area contributed by atoms with Crippen LogP contribution in [0.2, 0.25) is 0 Å². The Bertz CT molecular complexity index is 114. The Balaban J connectivity index is 3.45. The molecule has 66 valence electrons. The summed E-state index contributed by atoms with van der Waals surface area (Å²) in [6, 6.07) is 0. The summed E-state index contributed by atoms with van der Waals surface area (Å²) in [5.74, 6) is 0.732. The summed E-state index contributed by atoms with van der Waals surface area (Å²) in [4.78, 5) is 0. The van der Waals surface area contributed by atoms with E-state index in [-0.39, 0.29) is 5.41 Å². The quantitative estimate of drug-likeness (QED) is 0.601. The van der Waals surface area contributed by atoms with Crippen LogP contribution in [0.15, 0.2) is 12.7 Å². The smallest absolute Gasteiger partial charge is 0.00372 e. The van der Waals surface area contributed by atoms with E-state index in [0.29, 0.717) is 0 Å². The molecule has 0 fully saturated rings. The fourth-order valence-electron chi connectivity index (χ4n) is 0.755. The molecule has 0 radical (unpaired) electrons. The van der Waals surface area contributed by atoms with E-state index < -0.39 is 0 Å². The van der Waals surface area contributed by atoms with Crippen LogP contribution in [0.5, 0.6) is 0 Å². The predicted molar refractivity (Wildman–Crippen MR) is 51.7 cm³/mol. The highest BCUT2D eigenvalue weighted by molar-refractivity contribution is 4.89. The summed E-state index contributed by atoms with van der Waals surface area (Å²) in [6.07, 6.45) is 2.00. The predicted octanol–water partition coefficient (Wildman–Crippen LogP) is 2.44. The van der Waals surface area contributed by atoms with E-state index in [0.717, 1.165) is 19.0 Å². The van der Waals surface area contributed by atoms with Gasteiger partial charge in [-0.05, 0) is 17.9 Å². The van der Waals surface area contributed by atoms with Gasteiger partial charge >= 0.3 is 0 Å². The minimum atomic E-state index is 0.231. The van der Waals surface area contributed by atoms with E-state index in [1.54, 1.807) is 0 Å². The van der Waals surface area contributed by atoms with Crippen LogP contribution in [0.1, 0.15) is 27.7 Å². The van der Waals surface area contributed by atoms with E-state index in [9.17, 15) is 0 Å². The molecule has 0 heterocycles. The van der Waals surface area contributed by atoms with Crippen molar-refractivity contribution in [1.29, 1.82) is 0 Å². The molecule has 0 amide bonds. The molecule has 1 heteroatoms. The van der Waals surface area contributed by atoms with Crippen molar-refractivity contribution in [1.82, 2.24) is 5.32 Å². The molecule has 1 N–H and O–H groups in total. The lowest BCUT2D eigenvalue weighted by Crippen LogP contribution is -2.30. The SMILES string of the molecule is C=CC(C)(C)CNCC(C)C. The molecular weight excluding hydrogens is 134 g/mol. The van der Waals surface area contributed by atoms with E-state index in [4.69, 9.17) is 0 Å². The van der Waals surface area contributed by atoms with Crippen molar-refractivity contribution >= 4 is 0 Å². The van der Waals surface area contributed by atoms with Gasteiger partial charge in [0.25, 0.3) is 0 Å². The third-order valence-corrected chi connectivity index (χ3v) is 1.69. The average Bonchev–Trinajstić information content (AvgIpc) is 1.87. The highest BCUT2D eigenvalue weighted by atomic mass is 14.9. The topological polar surface area (TPSA) is 12.0 Å². The van der Waals surface area contributed by atoms with Crippen LogP contribution in [0.4, 0.5) is 0 Å². The molecule has 0 bridgehead atoms. The fraction of sp³-hybridized carbons (Fsp3) is 0.800. The summed E-state index contributed by atoms with van der Waals surface area (Å²) in [5.41, 5.74) is 0.231. The summed E-state index contributed by atoms with van der Waals surface area (Å²) in [5, 5.41) is 3.40. The molecule has 0 aromatic carbocycles. The lowest BCUT2D eigenvalue weighted by Gasteiger charge is -2.20. The molecule has 0 saturated heterocycles. The summed E-state index contributed by atoms with van der Waals surface area (Å²) in [7, 11) is 0. The van der Waals surface area contributed by atoms with E-state index in [1.807, 2.05) is 6.08 Å². The fourth-order valence-corrected chi connectivity index (χ4v) is 0.755. The minimum absolute atomic E-state index is 0.231. The van der Waals surface area contributed by atoms with Gasteiger partial charge in [-0.3, -0.25) is 0 Å². The molecule has 0 aliphatic rings. The summed E-state index contributed by atoms with van der Waals surface area (Å²) in [6.45, 7) is 14.7. The van der Waals surface area contributed by atoms with Crippen LogP contribution in [0, 0.1) is 11.3 Å². The normalized spacial score (nSPS) is 12.1. The van der Waals surface area contributed by atoms with Crippen molar-refractivity contribution in [3.63, 3.8) is 0 Å². The van der Waals surface area contributed by atoms with E-state index in [1.165, 1.54) is 0 Å². The lowest BCUT2D eigenvalue weighted by molar-refractivity contribution is 0.414. The Hall–Kier alpha value is -0.300. The Morgan fingerprint density at radius 1 is 1.45 bits per heavy atom. The second kappa shape index (κ2) is 4.55. The Labute approximate surface area is 70.9 Å². The monoisotopic (exact) mass is 155 g/mol. The maximum Gasteiger partial charge on any atom is 0.00372 e. The minimum Gasteiger partial charge on any atom is -0.316 e. The number of rotatable bonds is 5. The van der Waals surface area contributed by atoms with Crippen molar-refractivity contribution in [3.05, 3.63) is 12.7 Å². The molecule has 0 saturated carbocycles. The van der Waals surface area contributed by atoms with Crippen molar-refractivity contribution < 1.29 is 0 Å². The molecule has 0 spiro atoms. The van der Waals surface area contributed by atoms with Crippen molar-refractivity contribution in [2.45, 2.75) is 27.7 Å². The highest BCUT2D eigenvalue weighted by Crippen LogP contribution is 2.13. The van der Waals surface area contributed by atoms with Crippen molar-refractivity contribution in [3.8, 4) is 0 Å². The van der Waals surface area contributed by atoms with E-state index in [2.05, 4.69) is 39.6 Å². The van der Waals surface area contributed by atoms with Gasteiger partial charge in [0.15, 0.2) is 0 Å². The maximum atomic E-state index is 3.79. The molecule has 0 atom stereocenters. The number of hydrogen-bond donors (Lipinski definition) is 1. The first kappa shape index (κ1) is 10.7. The van der Waals surface area contributed by atoms with Gasteiger partial charge in [-0.1, -0.05) is 33.8 Å². The summed E-state index contributed by atoms with van der Waals surface area (Å²) < 4.78 is 0. The first-order valence-electron chi connectivity index (χ1n) is 4.32. The Kier molecular flexibility index (Phi) is 4.43. The first-order valence-corrected chi connectivity index (χ1v) is 4.32. The van der Waals surface area contributed by atoms with Gasteiger partial charge in [0.2, 0.25) is 0 Å². The second-order valence-electron chi connectivity index (χ2n) is 4.22. The third kappa shape index (κ3) is 6.11. The highest BCUT2D eigenvalue weighted by Gasteiger charge is 2.11. The Morgan fingerprint density at radius 2 is 2.00 bits per heavy atom.